The molecule has 0 saturated carbocycles. The molecule has 0 bridgehead atoms. The number of nitrogens with zero attached hydrogens (tertiary/aromatic N) is 2. The fraction of sp³-hybridized carbons (Fsp3) is 0. The molecule has 1 aliphatic heterocycles. The Labute approximate surface area is 231 Å². The van der Waals surface area contributed by atoms with Crippen LogP contribution in [0.4, 0.5) is 0 Å². The highest BCUT2D eigenvalue weighted by atomic mass is 16.5. The third-order valence-electron chi connectivity index (χ3n) is 7.76. The zero-order chi connectivity index (χ0) is 26.6. The Morgan fingerprint density at radius 3 is 1.98 bits per heavy atom. The van der Waals surface area contributed by atoms with Crippen LogP contribution >= 0.6 is 0 Å². The zero-order valence-corrected chi connectivity index (χ0v) is 21.5. The summed E-state index contributed by atoms with van der Waals surface area (Å²) in [5, 5.41) is 12.1. The van der Waals surface area contributed by atoms with Crippen LogP contribution in [0.1, 0.15) is 5.56 Å². The summed E-state index contributed by atoms with van der Waals surface area (Å²) >= 11 is 0. The molecule has 0 atom stereocenters. The van der Waals surface area contributed by atoms with Crippen LogP contribution in [-0.2, 0) is 0 Å². The molecule has 1 aliphatic rings. The van der Waals surface area contributed by atoms with Gasteiger partial charge in [-0.3, -0.25) is 0 Å². The highest BCUT2D eigenvalue weighted by molar-refractivity contribution is 6.13. The molecular weight excluding hydrogens is 488 g/mol. The maximum atomic E-state index is 9.77. The normalized spacial score (nSPS) is 11.7. The van der Waals surface area contributed by atoms with Gasteiger partial charge in [-0.05, 0) is 88.0 Å². The van der Waals surface area contributed by atoms with Crippen molar-refractivity contribution in [2.24, 2.45) is 0 Å². The molecular formula is C37H22N2O. The Hall–Kier alpha value is -5.59. The number of aromatic nitrogens is 1. The minimum Gasteiger partial charge on any atom is -0.453 e. The second-order valence-corrected chi connectivity index (χ2v) is 10.2. The lowest BCUT2D eigenvalue weighted by Crippen LogP contribution is -2.03. The fourth-order valence-electron chi connectivity index (χ4n) is 5.94. The van der Waals surface area contributed by atoms with Gasteiger partial charge in [-0.15, -0.1) is 0 Å². The molecule has 0 radical (unpaired) electrons. The average Bonchev–Trinajstić information content (AvgIpc) is 3.37. The predicted molar refractivity (Wildman–Crippen MR) is 162 cm³/mol. The zero-order valence-electron chi connectivity index (χ0n) is 21.5. The molecule has 0 N–H and O–H groups in total. The first-order chi connectivity index (χ1) is 19.8. The number of nitriles is 1. The van der Waals surface area contributed by atoms with Gasteiger partial charge in [0.2, 0.25) is 0 Å². The molecule has 0 aliphatic carbocycles. The van der Waals surface area contributed by atoms with Crippen LogP contribution in [0.3, 0.4) is 0 Å². The van der Waals surface area contributed by atoms with E-state index in [0.717, 1.165) is 56.1 Å². The van der Waals surface area contributed by atoms with Crippen LogP contribution in [0, 0.1) is 11.3 Å². The number of ether oxygens (including phenoxy) is 1. The minimum absolute atomic E-state index is 0.646. The first-order valence-corrected chi connectivity index (χ1v) is 13.3. The minimum atomic E-state index is 0.646. The second kappa shape index (κ2) is 8.73. The SMILES string of the molecule is N#Cc1cc(-c2ccccc2)cc(-c2cccc(-c3cc4c5c(c3)c3ccccc3n5-c3ccccc3O4)c2)c1. The van der Waals surface area contributed by atoms with Gasteiger partial charge >= 0.3 is 0 Å². The molecule has 0 saturated heterocycles. The lowest BCUT2D eigenvalue weighted by Gasteiger charge is -2.21. The Balaban J connectivity index is 1.31. The fourth-order valence-corrected chi connectivity index (χ4v) is 5.94. The molecule has 7 aromatic rings. The van der Waals surface area contributed by atoms with E-state index in [4.69, 9.17) is 4.74 Å². The monoisotopic (exact) mass is 510 g/mol. The maximum Gasteiger partial charge on any atom is 0.152 e. The predicted octanol–water partition coefficient (Wildman–Crippen LogP) is 9.76. The van der Waals surface area contributed by atoms with Crippen molar-refractivity contribution in [2.45, 2.75) is 0 Å². The molecule has 0 spiro atoms. The quantitative estimate of drug-likeness (QED) is 0.237. The topological polar surface area (TPSA) is 38.0 Å². The lowest BCUT2D eigenvalue weighted by molar-refractivity contribution is 0.476. The summed E-state index contributed by atoms with van der Waals surface area (Å²) in [6.07, 6.45) is 0. The van der Waals surface area contributed by atoms with Crippen molar-refractivity contribution >= 4 is 21.8 Å². The highest BCUT2D eigenvalue weighted by Gasteiger charge is 2.24. The Bertz CT molecular complexity index is 2150. The van der Waals surface area contributed by atoms with E-state index in [2.05, 4.69) is 102 Å². The van der Waals surface area contributed by atoms with E-state index in [1.54, 1.807) is 0 Å². The number of hydrogen-bond donors (Lipinski definition) is 0. The average molecular weight is 511 g/mol. The number of benzene rings is 6. The van der Waals surface area contributed by atoms with Gasteiger partial charge in [0.25, 0.3) is 0 Å². The molecule has 0 unspecified atom stereocenters. The number of hydrogen-bond acceptors (Lipinski definition) is 2. The summed E-state index contributed by atoms with van der Waals surface area (Å²) in [6.45, 7) is 0. The van der Waals surface area contributed by atoms with Crippen molar-refractivity contribution in [3.8, 4) is 56.6 Å². The standard InChI is InChI=1S/C37H22N2O/c38-23-24-17-28(25-9-2-1-3-10-25)20-29(18-24)26-11-8-12-27(19-26)30-21-32-31-13-4-5-14-33(31)39-34-15-6-7-16-35(34)40-36(22-30)37(32)39/h1-22H. The Morgan fingerprint density at radius 2 is 1.15 bits per heavy atom. The highest BCUT2D eigenvalue weighted by Crippen LogP contribution is 2.47. The second-order valence-electron chi connectivity index (χ2n) is 10.2. The molecule has 6 aromatic carbocycles. The van der Waals surface area contributed by atoms with Gasteiger partial charge in [0, 0.05) is 10.8 Å². The molecule has 40 heavy (non-hydrogen) atoms. The van der Waals surface area contributed by atoms with Crippen molar-refractivity contribution in [3.63, 3.8) is 0 Å². The third-order valence-corrected chi connectivity index (χ3v) is 7.76. The summed E-state index contributed by atoms with van der Waals surface area (Å²) in [7, 11) is 0. The van der Waals surface area contributed by atoms with E-state index >= 15 is 0 Å². The molecule has 0 fully saturated rings. The number of para-hydroxylation sites is 3. The largest absolute Gasteiger partial charge is 0.453 e. The first-order valence-electron chi connectivity index (χ1n) is 13.3. The van der Waals surface area contributed by atoms with E-state index in [-0.39, 0.29) is 0 Å². The lowest BCUT2D eigenvalue weighted by atomic mass is 9.94. The summed E-state index contributed by atoms with van der Waals surface area (Å²) in [6, 6.07) is 48.3. The van der Waals surface area contributed by atoms with Gasteiger partial charge in [-0.2, -0.15) is 5.26 Å². The van der Waals surface area contributed by atoms with Crippen LogP contribution < -0.4 is 4.74 Å². The summed E-state index contributed by atoms with van der Waals surface area (Å²) in [5.41, 5.74) is 10.4. The molecule has 3 nitrogen and oxygen atoms in total. The summed E-state index contributed by atoms with van der Waals surface area (Å²) < 4.78 is 8.81. The maximum absolute atomic E-state index is 9.77. The third kappa shape index (κ3) is 3.44. The van der Waals surface area contributed by atoms with Gasteiger partial charge < -0.3 is 9.30 Å². The molecule has 186 valence electrons. The molecule has 8 rings (SSSR count). The van der Waals surface area contributed by atoms with Gasteiger partial charge in [-0.1, -0.05) is 78.9 Å². The summed E-state index contributed by atoms with van der Waals surface area (Å²) in [4.78, 5) is 0. The molecule has 0 amide bonds. The van der Waals surface area contributed by atoms with Crippen LogP contribution in [0.25, 0.3) is 60.9 Å². The van der Waals surface area contributed by atoms with E-state index in [1.165, 1.54) is 16.3 Å². The molecule has 2 heterocycles. The van der Waals surface area contributed by atoms with Crippen molar-refractivity contribution in [1.29, 1.82) is 5.26 Å². The van der Waals surface area contributed by atoms with E-state index in [9.17, 15) is 5.26 Å². The summed E-state index contributed by atoms with van der Waals surface area (Å²) in [5.74, 6) is 1.70. The van der Waals surface area contributed by atoms with Crippen LogP contribution in [0.2, 0.25) is 0 Å². The first kappa shape index (κ1) is 22.4. The van der Waals surface area contributed by atoms with E-state index in [1.807, 2.05) is 42.5 Å². The van der Waals surface area contributed by atoms with Crippen molar-refractivity contribution in [1.82, 2.24) is 4.57 Å². The van der Waals surface area contributed by atoms with Gasteiger partial charge in [0.1, 0.15) is 0 Å². The van der Waals surface area contributed by atoms with Crippen molar-refractivity contribution in [3.05, 3.63) is 139 Å². The van der Waals surface area contributed by atoms with Crippen LogP contribution in [-0.4, -0.2) is 4.57 Å². The Kier molecular flexibility index (Phi) is 4.89. The molecule has 3 heteroatoms. The van der Waals surface area contributed by atoms with E-state index in [0.29, 0.717) is 5.56 Å². The van der Waals surface area contributed by atoms with E-state index < -0.39 is 0 Å². The van der Waals surface area contributed by atoms with Gasteiger partial charge in [0.05, 0.1) is 28.4 Å². The van der Waals surface area contributed by atoms with Gasteiger partial charge in [-0.25, -0.2) is 0 Å². The number of rotatable bonds is 3. The van der Waals surface area contributed by atoms with Crippen LogP contribution in [0.5, 0.6) is 11.5 Å². The Morgan fingerprint density at radius 1 is 0.500 bits per heavy atom. The van der Waals surface area contributed by atoms with Crippen molar-refractivity contribution < 1.29 is 4.74 Å². The van der Waals surface area contributed by atoms with Gasteiger partial charge in [0.15, 0.2) is 11.5 Å². The van der Waals surface area contributed by atoms with Crippen molar-refractivity contribution in [2.75, 3.05) is 0 Å². The molecule has 1 aromatic heterocycles. The smallest absolute Gasteiger partial charge is 0.152 e. The number of fused-ring (bicyclic) bond motifs is 5. The van der Waals surface area contributed by atoms with Crippen LogP contribution in [0.15, 0.2) is 133 Å².